The van der Waals surface area contributed by atoms with Crippen molar-refractivity contribution in [3.8, 4) is 0 Å². The largest absolute Gasteiger partial charge is 0.468 e. The van der Waals surface area contributed by atoms with Crippen LogP contribution in [0.1, 0.15) is 60.3 Å². The van der Waals surface area contributed by atoms with Crippen molar-refractivity contribution in [1.29, 1.82) is 0 Å². The number of esters is 1. The highest BCUT2D eigenvalue weighted by atomic mass is 28.4. The van der Waals surface area contributed by atoms with E-state index < -0.39 is 14.2 Å². The molecule has 0 spiro atoms. The van der Waals surface area contributed by atoms with Crippen LogP contribution in [0.3, 0.4) is 0 Å². The van der Waals surface area contributed by atoms with Gasteiger partial charge >= 0.3 is 5.97 Å². The molecule has 3 aliphatic carbocycles. The van der Waals surface area contributed by atoms with E-state index in [2.05, 4.69) is 47.7 Å². The number of carbonyl (C=O) groups excluding carboxylic acids is 2. The zero-order valence-electron chi connectivity index (χ0n) is 18.5. The molecule has 6 atom stereocenters. The highest BCUT2D eigenvalue weighted by Crippen LogP contribution is 2.67. The first-order valence-corrected chi connectivity index (χ1v) is 13.4. The van der Waals surface area contributed by atoms with Crippen molar-refractivity contribution in [1.82, 2.24) is 0 Å². The number of hydrogen-bond acceptors (Lipinski definition) is 4. The van der Waals surface area contributed by atoms with Crippen molar-refractivity contribution in [3.63, 3.8) is 0 Å². The molecule has 5 heteroatoms. The van der Waals surface area contributed by atoms with Crippen LogP contribution >= 0.6 is 0 Å². The quantitative estimate of drug-likeness (QED) is 0.389. The third-order valence-corrected chi connectivity index (χ3v) is 13.2. The SMILES string of the molecule is COC(=O)C1C(=O)[C@@H]2C[C@](C)(CO[Si](C)(C)C(C)(C)C)C[C@@H]2[C@@]2(C)CC[C@@H]12. The van der Waals surface area contributed by atoms with E-state index in [1.807, 2.05) is 0 Å². The van der Waals surface area contributed by atoms with Crippen LogP contribution in [0, 0.1) is 34.5 Å². The number of ether oxygens (including phenoxy) is 1. The summed E-state index contributed by atoms with van der Waals surface area (Å²) in [6, 6.07) is 0. The number of ketones is 1. The lowest BCUT2D eigenvalue weighted by molar-refractivity contribution is -0.174. The number of methoxy groups -OCH3 is 1. The molecular formula is C22H38O4Si. The molecule has 0 N–H and O–H groups in total. The van der Waals surface area contributed by atoms with Gasteiger partial charge in [-0.25, -0.2) is 0 Å². The molecule has 3 aliphatic rings. The smallest absolute Gasteiger partial charge is 0.316 e. The first-order chi connectivity index (χ1) is 12.3. The number of fused-ring (bicyclic) bond motifs is 3. The predicted molar refractivity (Wildman–Crippen MR) is 109 cm³/mol. The van der Waals surface area contributed by atoms with Crippen LogP contribution < -0.4 is 0 Å². The summed E-state index contributed by atoms with van der Waals surface area (Å²) in [6.45, 7) is 16.7. The van der Waals surface area contributed by atoms with Gasteiger partial charge in [0.25, 0.3) is 0 Å². The first-order valence-electron chi connectivity index (χ1n) is 10.5. The van der Waals surface area contributed by atoms with Gasteiger partial charge in [-0.15, -0.1) is 0 Å². The van der Waals surface area contributed by atoms with E-state index in [9.17, 15) is 9.59 Å². The van der Waals surface area contributed by atoms with E-state index in [-0.39, 0.29) is 39.5 Å². The Labute approximate surface area is 165 Å². The van der Waals surface area contributed by atoms with Crippen LogP contribution in [-0.4, -0.2) is 33.8 Å². The lowest BCUT2D eigenvalue weighted by Crippen LogP contribution is -2.58. The summed E-state index contributed by atoms with van der Waals surface area (Å²) in [5.74, 6) is -0.173. The summed E-state index contributed by atoms with van der Waals surface area (Å²) in [5.41, 5.74) is 0.126. The van der Waals surface area contributed by atoms with Crippen molar-refractivity contribution in [2.24, 2.45) is 34.5 Å². The van der Waals surface area contributed by atoms with Gasteiger partial charge in [0.15, 0.2) is 14.1 Å². The van der Waals surface area contributed by atoms with Gasteiger partial charge in [0.1, 0.15) is 5.92 Å². The molecule has 0 aliphatic heterocycles. The van der Waals surface area contributed by atoms with Gasteiger partial charge in [-0.05, 0) is 66.5 Å². The van der Waals surface area contributed by atoms with Gasteiger partial charge in [-0.2, -0.15) is 0 Å². The molecule has 0 bridgehead atoms. The molecule has 4 nitrogen and oxygen atoms in total. The maximum Gasteiger partial charge on any atom is 0.316 e. The van der Waals surface area contributed by atoms with E-state index >= 15 is 0 Å². The van der Waals surface area contributed by atoms with Crippen LogP contribution in [0.25, 0.3) is 0 Å². The summed E-state index contributed by atoms with van der Waals surface area (Å²) in [4.78, 5) is 25.6. The standard InChI is InChI=1S/C22H38O4Si/c1-20(2,3)27(7,8)26-13-21(4)11-14-16(12-21)22(5)10-9-15(22)17(18(14)23)19(24)25-6/h14-17H,9-13H2,1-8H3/t14-,15+,16+,17?,21+,22+/m1/s1. The molecule has 154 valence electrons. The summed E-state index contributed by atoms with van der Waals surface area (Å²) < 4.78 is 11.6. The summed E-state index contributed by atoms with van der Waals surface area (Å²) in [5, 5.41) is 0.186. The first kappa shape index (κ1) is 21.0. The molecule has 3 rings (SSSR count). The van der Waals surface area contributed by atoms with Gasteiger partial charge in [-0.1, -0.05) is 34.6 Å². The number of rotatable bonds is 4. The van der Waals surface area contributed by atoms with Crippen LogP contribution in [0.15, 0.2) is 0 Å². The normalized spacial score (nSPS) is 41.6. The minimum Gasteiger partial charge on any atom is -0.468 e. The fourth-order valence-corrected chi connectivity index (χ4v) is 6.86. The number of Topliss-reactive ketones (excluding diaryl/α,β-unsaturated/α-hetero) is 1. The Hall–Kier alpha value is -0.683. The number of hydrogen-bond donors (Lipinski definition) is 0. The average molecular weight is 395 g/mol. The highest BCUT2D eigenvalue weighted by Gasteiger charge is 2.66. The third kappa shape index (κ3) is 3.23. The molecule has 3 saturated carbocycles. The van der Waals surface area contributed by atoms with Gasteiger partial charge in [0, 0.05) is 12.5 Å². The van der Waals surface area contributed by atoms with E-state index in [1.165, 1.54) is 7.11 Å². The van der Waals surface area contributed by atoms with E-state index in [0.29, 0.717) is 5.92 Å². The number of carbonyl (C=O) groups is 2. The molecule has 0 heterocycles. The van der Waals surface area contributed by atoms with E-state index in [0.717, 1.165) is 32.3 Å². The van der Waals surface area contributed by atoms with Crippen molar-refractivity contribution < 1.29 is 18.8 Å². The molecule has 3 fully saturated rings. The zero-order valence-corrected chi connectivity index (χ0v) is 19.5. The maximum atomic E-state index is 13.3. The topological polar surface area (TPSA) is 52.6 Å². The van der Waals surface area contributed by atoms with Crippen molar-refractivity contribution in [2.45, 2.75) is 78.4 Å². The Balaban J connectivity index is 1.80. The van der Waals surface area contributed by atoms with Gasteiger partial charge in [0.05, 0.1) is 7.11 Å². The lowest BCUT2D eigenvalue weighted by atomic mass is 9.45. The van der Waals surface area contributed by atoms with Crippen LogP contribution in [0.5, 0.6) is 0 Å². The lowest BCUT2D eigenvalue weighted by Gasteiger charge is -2.58. The molecular weight excluding hydrogens is 356 g/mol. The molecule has 1 unspecified atom stereocenters. The minimum atomic E-state index is -1.82. The van der Waals surface area contributed by atoms with Crippen molar-refractivity contribution in [3.05, 3.63) is 0 Å². The Morgan fingerprint density at radius 3 is 2.30 bits per heavy atom. The monoisotopic (exact) mass is 394 g/mol. The molecule has 0 saturated heterocycles. The molecule has 0 aromatic heterocycles. The van der Waals surface area contributed by atoms with Gasteiger partial charge in [0.2, 0.25) is 0 Å². The van der Waals surface area contributed by atoms with Crippen LogP contribution in [-0.2, 0) is 18.8 Å². The molecule has 0 aromatic rings. The average Bonchev–Trinajstić information content (AvgIpc) is 2.92. The van der Waals surface area contributed by atoms with Gasteiger partial charge < -0.3 is 9.16 Å². The Morgan fingerprint density at radius 2 is 1.81 bits per heavy atom. The second-order valence-electron chi connectivity index (χ2n) is 11.5. The highest BCUT2D eigenvalue weighted by molar-refractivity contribution is 6.74. The molecule has 27 heavy (non-hydrogen) atoms. The van der Waals surface area contributed by atoms with E-state index in [1.54, 1.807) is 0 Å². The van der Waals surface area contributed by atoms with Gasteiger partial charge in [-0.3, -0.25) is 9.59 Å². The minimum absolute atomic E-state index is 0.0105. The second kappa shape index (κ2) is 6.41. The molecule has 0 aromatic carbocycles. The van der Waals surface area contributed by atoms with Crippen LogP contribution in [0.2, 0.25) is 18.1 Å². The maximum absolute atomic E-state index is 13.3. The van der Waals surface area contributed by atoms with Crippen molar-refractivity contribution in [2.75, 3.05) is 13.7 Å². The Morgan fingerprint density at radius 1 is 1.19 bits per heavy atom. The predicted octanol–water partition coefficient (Wildman–Crippen LogP) is 4.83. The third-order valence-electron chi connectivity index (χ3n) is 8.72. The zero-order chi connectivity index (χ0) is 20.4. The Bertz CT molecular complexity index is 637. The van der Waals surface area contributed by atoms with E-state index in [4.69, 9.17) is 9.16 Å². The van der Waals surface area contributed by atoms with Crippen LogP contribution in [0.4, 0.5) is 0 Å². The molecule has 0 amide bonds. The summed E-state index contributed by atoms with van der Waals surface area (Å²) in [6.07, 6.45) is 3.99. The Kier molecular flexibility index (Phi) is 5.00. The fourth-order valence-electron chi connectivity index (χ4n) is 5.72. The summed E-state index contributed by atoms with van der Waals surface area (Å²) in [7, 11) is -0.410. The fraction of sp³-hybridized carbons (Fsp3) is 0.909. The molecule has 0 radical (unpaired) electrons. The second-order valence-corrected chi connectivity index (χ2v) is 16.3. The van der Waals surface area contributed by atoms with Crippen molar-refractivity contribution >= 4 is 20.1 Å². The summed E-state index contributed by atoms with van der Waals surface area (Å²) >= 11 is 0.